The Labute approximate surface area is 207 Å². The van der Waals surface area contributed by atoms with Crippen LogP contribution in [0.4, 0.5) is 11.4 Å². The molecule has 182 valence electrons. The third-order valence-electron chi connectivity index (χ3n) is 5.56. The Kier molecular flexibility index (Phi) is 6.00. The molecule has 0 bridgehead atoms. The molecule has 0 saturated heterocycles. The first-order chi connectivity index (χ1) is 17.4. The van der Waals surface area contributed by atoms with E-state index in [9.17, 15) is 10.1 Å². The van der Waals surface area contributed by atoms with Gasteiger partial charge in [-0.05, 0) is 24.3 Å². The number of aromatic nitrogens is 2. The molecule has 2 aliphatic heterocycles. The lowest BCUT2D eigenvalue weighted by Crippen LogP contribution is -2.26. The van der Waals surface area contributed by atoms with Crippen molar-refractivity contribution in [2.75, 3.05) is 51.1 Å². The molecule has 0 fully saturated rings. The lowest BCUT2D eigenvalue weighted by Gasteiger charge is -2.22. The molecule has 0 unspecified atom stereocenters. The number of benzene rings is 2. The number of carbonyl (C=O) groups excluding carboxylic acids is 1. The van der Waals surface area contributed by atoms with E-state index in [4.69, 9.17) is 14.2 Å². The number of nitriles is 1. The maximum Gasteiger partial charge on any atom is 0.328 e. The van der Waals surface area contributed by atoms with Gasteiger partial charge in [0.05, 0.1) is 23.9 Å². The van der Waals surface area contributed by atoms with Crippen molar-refractivity contribution in [1.29, 1.82) is 5.26 Å². The van der Waals surface area contributed by atoms with Crippen molar-refractivity contribution >= 4 is 23.1 Å². The van der Waals surface area contributed by atoms with Crippen LogP contribution in [0.2, 0.25) is 0 Å². The summed E-state index contributed by atoms with van der Waals surface area (Å²) in [6.45, 7) is 1.41. The van der Waals surface area contributed by atoms with E-state index in [1.54, 1.807) is 24.3 Å². The van der Waals surface area contributed by atoms with E-state index in [0.29, 0.717) is 22.7 Å². The minimum absolute atomic E-state index is 0.0253. The second-order valence-corrected chi connectivity index (χ2v) is 8.38. The predicted octanol–water partition coefficient (Wildman–Crippen LogP) is 3.02. The van der Waals surface area contributed by atoms with Crippen molar-refractivity contribution in [3.8, 4) is 35.3 Å². The highest BCUT2D eigenvalue weighted by Gasteiger charge is 2.26. The number of rotatable bonds is 6. The molecule has 3 aromatic rings. The minimum atomic E-state index is -0.364. The van der Waals surface area contributed by atoms with Gasteiger partial charge in [-0.15, -0.1) is 0 Å². The van der Waals surface area contributed by atoms with Gasteiger partial charge < -0.3 is 29.3 Å². The Morgan fingerprint density at radius 2 is 2.03 bits per heavy atom. The zero-order valence-corrected chi connectivity index (χ0v) is 20.0. The fourth-order valence-corrected chi connectivity index (χ4v) is 3.83. The third-order valence-corrected chi connectivity index (χ3v) is 5.56. The highest BCUT2D eigenvalue weighted by molar-refractivity contribution is 6.00. The van der Waals surface area contributed by atoms with Crippen molar-refractivity contribution in [2.24, 2.45) is 4.99 Å². The smallest absolute Gasteiger partial charge is 0.328 e. The van der Waals surface area contributed by atoms with Gasteiger partial charge in [0.15, 0.2) is 18.0 Å². The molecular formula is C25H23N7O4. The summed E-state index contributed by atoms with van der Waals surface area (Å²) in [6.07, 6.45) is 0. The van der Waals surface area contributed by atoms with Crippen LogP contribution in [0.25, 0.3) is 0 Å². The van der Waals surface area contributed by atoms with E-state index in [-0.39, 0.29) is 36.0 Å². The number of likely N-dealkylation sites (N-methyl/N-ethyl adjacent to an activating group) is 1. The van der Waals surface area contributed by atoms with Gasteiger partial charge in [0.2, 0.25) is 5.88 Å². The molecule has 0 saturated carbocycles. The molecule has 1 N–H and O–H groups in total. The number of nitrogens with zero attached hydrogens (tertiary/aromatic N) is 6. The van der Waals surface area contributed by atoms with Crippen LogP contribution in [-0.4, -0.2) is 67.5 Å². The zero-order chi connectivity index (χ0) is 25.2. The normalized spacial score (nSPS) is 14.2. The van der Waals surface area contributed by atoms with Crippen LogP contribution in [0.15, 0.2) is 47.5 Å². The molecular weight excluding hydrogens is 462 g/mol. The molecule has 1 aromatic heterocycles. The summed E-state index contributed by atoms with van der Waals surface area (Å²) in [6, 6.07) is 14.6. The number of fused-ring (bicyclic) bond motifs is 1. The van der Waals surface area contributed by atoms with E-state index < -0.39 is 0 Å². The monoisotopic (exact) mass is 485 g/mol. The predicted molar refractivity (Wildman–Crippen MR) is 132 cm³/mol. The minimum Gasteiger partial charge on any atom is -0.466 e. The SMILES string of the molecule is CN1CCN=C1c1cccc(Oc2nc3c(c(Oc4cc(C#N)ccc4N(C)C)n2)NC(=O)CO3)c1. The number of amidine groups is 1. The summed E-state index contributed by atoms with van der Waals surface area (Å²) in [7, 11) is 5.69. The summed E-state index contributed by atoms with van der Waals surface area (Å²) < 4.78 is 17.6. The van der Waals surface area contributed by atoms with Gasteiger partial charge in [-0.2, -0.15) is 15.2 Å². The molecule has 3 heterocycles. The molecule has 2 aliphatic rings. The first kappa shape index (κ1) is 22.9. The Morgan fingerprint density at radius 1 is 1.17 bits per heavy atom. The summed E-state index contributed by atoms with van der Waals surface area (Å²) in [5.41, 5.74) is 2.21. The number of hydrogen-bond acceptors (Lipinski definition) is 10. The Hall–Kier alpha value is -4.85. The third kappa shape index (κ3) is 4.56. The summed E-state index contributed by atoms with van der Waals surface area (Å²) in [5.74, 6) is 1.54. The van der Waals surface area contributed by atoms with Crippen LogP contribution in [0.5, 0.6) is 29.3 Å². The van der Waals surface area contributed by atoms with Crippen molar-refractivity contribution in [2.45, 2.75) is 0 Å². The van der Waals surface area contributed by atoms with Crippen molar-refractivity contribution in [3.63, 3.8) is 0 Å². The van der Waals surface area contributed by atoms with Crippen LogP contribution >= 0.6 is 0 Å². The quantitative estimate of drug-likeness (QED) is 0.561. The number of amides is 1. The summed E-state index contributed by atoms with van der Waals surface area (Å²) in [5, 5.41) is 12.1. The largest absolute Gasteiger partial charge is 0.466 e. The van der Waals surface area contributed by atoms with Crippen LogP contribution in [-0.2, 0) is 4.79 Å². The molecule has 11 heteroatoms. The molecule has 11 nitrogen and oxygen atoms in total. The maximum absolute atomic E-state index is 12.0. The average molecular weight is 486 g/mol. The van der Waals surface area contributed by atoms with Gasteiger partial charge >= 0.3 is 6.01 Å². The highest BCUT2D eigenvalue weighted by Crippen LogP contribution is 2.41. The molecule has 0 spiro atoms. The van der Waals surface area contributed by atoms with Gasteiger partial charge in [-0.3, -0.25) is 9.79 Å². The standard InChI is InChI=1S/C25H23N7O4/c1-31(2)18-8-7-15(13-26)11-19(18)36-24-21-23(34-14-20(33)28-21)29-25(30-24)35-17-6-4-5-16(12-17)22-27-9-10-32(22)3/h4-8,11-12H,9-10,14H2,1-3H3,(H,28,33). The lowest BCUT2D eigenvalue weighted by molar-refractivity contribution is -0.118. The highest BCUT2D eigenvalue weighted by atomic mass is 16.5. The van der Waals surface area contributed by atoms with Crippen LogP contribution in [0.1, 0.15) is 11.1 Å². The van der Waals surface area contributed by atoms with Crippen molar-refractivity contribution < 1.29 is 19.0 Å². The van der Waals surface area contributed by atoms with Crippen molar-refractivity contribution in [3.05, 3.63) is 53.6 Å². The number of carbonyl (C=O) groups is 1. The van der Waals surface area contributed by atoms with Crippen LogP contribution < -0.4 is 24.4 Å². The summed E-state index contributed by atoms with van der Waals surface area (Å²) >= 11 is 0. The van der Waals surface area contributed by atoms with Crippen LogP contribution in [0.3, 0.4) is 0 Å². The first-order valence-corrected chi connectivity index (χ1v) is 11.2. The van der Waals surface area contributed by atoms with Gasteiger partial charge in [0.1, 0.15) is 11.6 Å². The zero-order valence-electron chi connectivity index (χ0n) is 20.0. The van der Waals surface area contributed by atoms with E-state index in [1.807, 2.05) is 44.2 Å². The Balaban J connectivity index is 1.52. The van der Waals surface area contributed by atoms with Crippen LogP contribution in [0, 0.1) is 11.3 Å². The number of aliphatic imine (C=N–C) groups is 1. The first-order valence-electron chi connectivity index (χ1n) is 11.2. The second-order valence-electron chi connectivity index (χ2n) is 8.38. The number of hydrogen-bond donors (Lipinski definition) is 1. The van der Waals surface area contributed by atoms with E-state index in [0.717, 1.165) is 24.5 Å². The fraction of sp³-hybridized carbons (Fsp3) is 0.240. The molecule has 36 heavy (non-hydrogen) atoms. The molecule has 0 radical (unpaired) electrons. The topological polar surface area (TPSA) is 125 Å². The lowest BCUT2D eigenvalue weighted by atomic mass is 10.2. The van der Waals surface area contributed by atoms with Crippen molar-refractivity contribution in [1.82, 2.24) is 14.9 Å². The Morgan fingerprint density at radius 3 is 2.78 bits per heavy atom. The fourth-order valence-electron chi connectivity index (χ4n) is 3.83. The Bertz CT molecular complexity index is 1410. The summed E-state index contributed by atoms with van der Waals surface area (Å²) in [4.78, 5) is 29.2. The molecule has 5 rings (SSSR count). The van der Waals surface area contributed by atoms with Gasteiger partial charge in [0, 0.05) is 39.3 Å². The average Bonchev–Trinajstić information content (AvgIpc) is 3.30. The molecule has 1 amide bonds. The number of ether oxygens (including phenoxy) is 3. The molecule has 0 aliphatic carbocycles. The molecule has 0 atom stereocenters. The number of anilines is 2. The van der Waals surface area contributed by atoms with Gasteiger partial charge in [-0.1, -0.05) is 12.1 Å². The maximum atomic E-state index is 12.0. The second kappa shape index (κ2) is 9.42. The van der Waals surface area contributed by atoms with Gasteiger partial charge in [-0.25, -0.2) is 0 Å². The van der Waals surface area contributed by atoms with E-state index in [2.05, 4.69) is 31.2 Å². The van der Waals surface area contributed by atoms with E-state index >= 15 is 0 Å². The van der Waals surface area contributed by atoms with E-state index in [1.165, 1.54) is 0 Å². The van der Waals surface area contributed by atoms with Gasteiger partial charge in [0.25, 0.3) is 11.8 Å². The number of nitrogens with one attached hydrogen (secondary N) is 1. The molecule has 2 aromatic carbocycles.